The molecule has 0 saturated heterocycles. The predicted molar refractivity (Wildman–Crippen MR) is 82.2 cm³/mol. The Bertz CT molecular complexity index is 402. The minimum Gasteiger partial charge on any atom is -0.398 e. The average molecular weight is 262 g/mol. The topological polar surface area (TPSA) is 55.1 Å². The Labute approximate surface area is 116 Å². The highest BCUT2D eigenvalue weighted by molar-refractivity contribution is 5.92. The Hall–Kier alpha value is -1.51. The van der Waals surface area contributed by atoms with Crippen LogP contribution in [0.4, 0.5) is 11.4 Å². The molecule has 0 saturated carbocycles. The number of benzene rings is 1. The van der Waals surface area contributed by atoms with E-state index in [2.05, 4.69) is 12.2 Å². The lowest BCUT2D eigenvalue weighted by atomic mass is 10.1. The summed E-state index contributed by atoms with van der Waals surface area (Å²) in [6.07, 6.45) is 7.79. The van der Waals surface area contributed by atoms with Gasteiger partial charge >= 0.3 is 0 Å². The van der Waals surface area contributed by atoms with Gasteiger partial charge in [-0.1, -0.05) is 45.1 Å². The number of rotatable bonds is 8. The summed E-state index contributed by atoms with van der Waals surface area (Å²) in [5, 5.41) is 2.93. The predicted octanol–water partition coefficient (Wildman–Crippen LogP) is 4.27. The number of amides is 1. The first-order valence-electron chi connectivity index (χ1n) is 7.30. The van der Waals surface area contributed by atoms with Gasteiger partial charge in [-0.3, -0.25) is 4.79 Å². The molecule has 1 aromatic carbocycles. The van der Waals surface area contributed by atoms with E-state index in [-0.39, 0.29) is 5.91 Å². The molecular formula is C16H26N2O. The number of anilines is 2. The van der Waals surface area contributed by atoms with Crippen LogP contribution in [0.1, 0.15) is 57.4 Å². The standard InChI is InChI=1S/C16H26N2O/c1-3-4-5-6-7-8-12-16(19)18-15-11-9-10-14(17)13(15)2/h9-11H,3-8,12,17H2,1-2H3,(H,18,19). The monoisotopic (exact) mass is 262 g/mol. The van der Waals surface area contributed by atoms with Crippen LogP contribution in [0, 0.1) is 6.92 Å². The van der Waals surface area contributed by atoms with Crippen LogP contribution in [0.25, 0.3) is 0 Å². The molecule has 0 fully saturated rings. The van der Waals surface area contributed by atoms with Crippen LogP contribution >= 0.6 is 0 Å². The maximum Gasteiger partial charge on any atom is 0.224 e. The van der Waals surface area contributed by atoms with Crippen molar-refractivity contribution in [2.75, 3.05) is 11.1 Å². The van der Waals surface area contributed by atoms with Crippen molar-refractivity contribution in [1.29, 1.82) is 0 Å². The van der Waals surface area contributed by atoms with Crippen molar-refractivity contribution < 1.29 is 4.79 Å². The third kappa shape index (κ3) is 5.77. The van der Waals surface area contributed by atoms with Crippen LogP contribution in [-0.4, -0.2) is 5.91 Å². The lowest BCUT2D eigenvalue weighted by Crippen LogP contribution is -2.12. The van der Waals surface area contributed by atoms with Crippen molar-refractivity contribution in [3.05, 3.63) is 23.8 Å². The molecule has 1 amide bonds. The van der Waals surface area contributed by atoms with Gasteiger partial charge in [-0.2, -0.15) is 0 Å². The van der Waals surface area contributed by atoms with E-state index in [0.29, 0.717) is 6.42 Å². The minimum atomic E-state index is 0.0872. The first-order chi connectivity index (χ1) is 9.15. The lowest BCUT2D eigenvalue weighted by molar-refractivity contribution is -0.116. The molecule has 0 aliphatic carbocycles. The molecule has 1 rings (SSSR count). The SMILES string of the molecule is CCCCCCCCC(=O)Nc1cccc(N)c1C. The van der Waals surface area contributed by atoms with Crippen LogP contribution in [0.2, 0.25) is 0 Å². The fraction of sp³-hybridized carbons (Fsp3) is 0.562. The second kappa shape index (κ2) is 8.57. The summed E-state index contributed by atoms with van der Waals surface area (Å²) in [5.74, 6) is 0.0872. The van der Waals surface area contributed by atoms with Crippen molar-refractivity contribution in [1.82, 2.24) is 0 Å². The Kier molecular flexibility index (Phi) is 7.01. The normalized spacial score (nSPS) is 10.4. The molecule has 1 aromatic rings. The number of nitrogens with one attached hydrogen (secondary N) is 1. The number of carbonyl (C=O) groups excluding carboxylic acids is 1. The maximum atomic E-state index is 11.8. The lowest BCUT2D eigenvalue weighted by Gasteiger charge is -2.10. The van der Waals surface area contributed by atoms with Gasteiger partial charge in [-0.25, -0.2) is 0 Å². The third-order valence-corrected chi connectivity index (χ3v) is 3.41. The van der Waals surface area contributed by atoms with E-state index in [0.717, 1.165) is 29.8 Å². The summed E-state index contributed by atoms with van der Waals surface area (Å²) < 4.78 is 0. The molecule has 0 spiro atoms. The first kappa shape index (κ1) is 15.5. The fourth-order valence-corrected chi connectivity index (χ4v) is 2.07. The van der Waals surface area contributed by atoms with Gasteiger partial charge in [0.25, 0.3) is 0 Å². The Morgan fingerprint density at radius 3 is 2.58 bits per heavy atom. The second-order valence-electron chi connectivity index (χ2n) is 5.09. The molecule has 3 nitrogen and oxygen atoms in total. The minimum absolute atomic E-state index is 0.0872. The van der Waals surface area contributed by atoms with E-state index < -0.39 is 0 Å². The number of hydrogen-bond donors (Lipinski definition) is 2. The molecule has 0 heterocycles. The number of nitrogen functional groups attached to an aromatic ring is 1. The highest BCUT2D eigenvalue weighted by Crippen LogP contribution is 2.20. The molecule has 3 N–H and O–H groups in total. The van der Waals surface area contributed by atoms with E-state index in [4.69, 9.17) is 5.73 Å². The molecule has 3 heteroatoms. The summed E-state index contributed by atoms with van der Waals surface area (Å²) >= 11 is 0. The van der Waals surface area contributed by atoms with Crippen LogP contribution < -0.4 is 11.1 Å². The molecular weight excluding hydrogens is 236 g/mol. The quantitative estimate of drug-likeness (QED) is 0.543. The molecule has 0 radical (unpaired) electrons. The highest BCUT2D eigenvalue weighted by atomic mass is 16.1. The molecule has 0 aliphatic heterocycles. The van der Waals surface area contributed by atoms with Gasteiger partial charge in [0, 0.05) is 17.8 Å². The van der Waals surface area contributed by atoms with Crippen LogP contribution in [0.5, 0.6) is 0 Å². The van der Waals surface area contributed by atoms with Gasteiger partial charge in [-0.05, 0) is 31.0 Å². The number of nitrogens with two attached hydrogens (primary N) is 1. The largest absolute Gasteiger partial charge is 0.398 e. The van der Waals surface area contributed by atoms with Crippen molar-refractivity contribution in [2.45, 2.75) is 58.8 Å². The number of hydrogen-bond acceptors (Lipinski definition) is 2. The van der Waals surface area contributed by atoms with Gasteiger partial charge in [0.2, 0.25) is 5.91 Å². The smallest absolute Gasteiger partial charge is 0.224 e. The van der Waals surface area contributed by atoms with Gasteiger partial charge in [0.15, 0.2) is 0 Å². The average Bonchev–Trinajstić information content (AvgIpc) is 2.39. The second-order valence-corrected chi connectivity index (χ2v) is 5.09. The first-order valence-corrected chi connectivity index (χ1v) is 7.30. The van der Waals surface area contributed by atoms with E-state index in [1.54, 1.807) is 0 Å². The molecule has 106 valence electrons. The van der Waals surface area contributed by atoms with Crippen molar-refractivity contribution >= 4 is 17.3 Å². The van der Waals surface area contributed by atoms with E-state index >= 15 is 0 Å². The van der Waals surface area contributed by atoms with E-state index in [9.17, 15) is 4.79 Å². The molecule has 19 heavy (non-hydrogen) atoms. The highest BCUT2D eigenvalue weighted by Gasteiger charge is 2.05. The summed E-state index contributed by atoms with van der Waals surface area (Å²) in [6, 6.07) is 5.60. The van der Waals surface area contributed by atoms with Gasteiger partial charge < -0.3 is 11.1 Å². The molecule has 0 aromatic heterocycles. The number of carbonyl (C=O) groups is 1. The van der Waals surface area contributed by atoms with E-state index in [1.807, 2.05) is 25.1 Å². The molecule has 0 atom stereocenters. The molecule has 0 aliphatic rings. The summed E-state index contributed by atoms with van der Waals surface area (Å²) in [7, 11) is 0. The molecule has 0 bridgehead atoms. The van der Waals surface area contributed by atoms with Crippen LogP contribution in [0.3, 0.4) is 0 Å². The van der Waals surface area contributed by atoms with Crippen molar-refractivity contribution in [3.63, 3.8) is 0 Å². The summed E-state index contributed by atoms with van der Waals surface area (Å²) in [4.78, 5) is 11.8. The molecule has 0 unspecified atom stereocenters. The van der Waals surface area contributed by atoms with Gasteiger partial charge in [-0.15, -0.1) is 0 Å². The Morgan fingerprint density at radius 2 is 1.84 bits per heavy atom. The van der Waals surface area contributed by atoms with Crippen molar-refractivity contribution in [2.24, 2.45) is 0 Å². The van der Waals surface area contributed by atoms with Gasteiger partial charge in [0.05, 0.1) is 0 Å². The van der Waals surface area contributed by atoms with E-state index in [1.165, 1.54) is 25.7 Å². The Balaban J connectivity index is 2.26. The van der Waals surface area contributed by atoms with Crippen LogP contribution in [0.15, 0.2) is 18.2 Å². The zero-order valence-electron chi connectivity index (χ0n) is 12.2. The third-order valence-electron chi connectivity index (χ3n) is 3.41. The zero-order chi connectivity index (χ0) is 14.1. The van der Waals surface area contributed by atoms with Crippen molar-refractivity contribution in [3.8, 4) is 0 Å². The zero-order valence-corrected chi connectivity index (χ0v) is 12.2. The van der Waals surface area contributed by atoms with Gasteiger partial charge in [0.1, 0.15) is 0 Å². The summed E-state index contributed by atoms with van der Waals surface area (Å²) in [5.41, 5.74) is 8.31. The van der Waals surface area contributed by atoms with Crippen LogP contribution in [-0.2, 0) is 4.79 Å². The summed E-state index contributed by atoms with van der Waals surface area (Å²) in [6.45, 7) is 4.14. The Morgan fingerprint density at radius 1 is 1.16 bits per heavy atom. The number of unbranched alkanes of at least 4 members (excludes halogenated alkanes) is 5. The maximum absolute atomic E-state index is 11.8. The fourth-order valence-electron chi connectivity index (χ4n) is 2.07.